The van der Waals surface area contributed by atoms with Crippen LogP contribution >= 0.6 is 11.3 Å². The fraction of sp³-hybridized carbons (Fsp3) is 0.125. The van der Waals surface area contributed by atoms with E-state index in [1.165, 1.54) is 11.3 Å². The van der Waals surface area contributed by atoms with E-state index in [9.17, 15) is 14.7 Å². The second kappa shape index (κ2) is 6.63. The lowest BCUT2D eigenvalue weighted by molar-refractivity contribution is 0.0942. The van der Waals surface area contributed by atoms with Crippen molar-refractivity contribution in [1.29, 1.82) is 0 Å². The predicted octanol–water partition coefficient (Wildman–Crippen LogP) is 1.84. The third-order valence-electron chi connectivity index (χ3n) is 3.27. The topological polar surface area (TPSA) is 108 Å². The molecule has 0 radical (unpaired) electrons. The van der Waals surface area contributed by atoms with Gasteiger partial charge in [-0.2, -0.15) is 0 Å². The molecule has 0 atom stereocenters. The molecule has 0 fully saturated rings. The molecule has 7 nitrogen and oxygen atoms in total. The van der Waals surface area contributed by atoms with Crippen LogP contribution in [0.2, 0.25) is 0 Å². The smallest absolute Gasteiger partial charge is 0.294 e. The van der Waals surface area contributed by atoms with E-state index in [-0.39, 0.29) is 18.1 Å². The van der Waals surface area contributed by atoms with Crippen molar-refractivity contribution in [1.82, 2.24) is 20.3 Å². The molecule has 1 aromatic carbocycles. The van der Waals surface area contributed by atoms with E-state index in [2.05, 4.69) is 20.3 Å². The molecule has 0 aliphatic carbocycles. The largest absolute Gasteiger partial charge is 0.501 e. The number of hydrogen-bond acceptors (Lipinski definition) is 6. The highest BCUT2D eigenvalue weighted by atomic mass is 32.1. The van der Waals surface area contributed by atoms with E-state index in [0.717, 1.165) is 10.6 Å². The van der Waals surface area contributed by atoms with Crippen LogP contribution in [0.5, 0.6) is 5.75 Å². The van der Waals surface area contributed by atoms with Crippen molar-refractivity contribution >= 4 is 17.2 Å². The van der Waals surface area contributed by atoms with Gasteiger partial charge in [0.25, 0.3) is 11.5 Å². The summed E-state index contributed by atoms with van der Waals surface area (Å²) in [6.07, 6.45) is 0. The summed E-state index contributed by atoms with van der Waals surface area (Å²) in [4.78, 5) is 34.8. The van der Waals surface area contributed by atoms with Crippen molar-refractivity contribution in [2.75, 3.05) is 0 Å². The Balaban J connectivity index is 1.87. The molecule has 3 aromatic rings. The zero-order valence-corrected chi connectivity index (χ0v) is 13.6. The predicted molar refractivity (Wildman–Crippen MR) is 90.0 cm³/mol. The second-order valence-corrected chi connectivity index (χ2v) is 6.09. The number of H-pyrrole nitrogens is 1. The summed E-state index contributed by atoms with van der Waals surface area (Å²) < 4.78 is 0. The molecule has 24 heavy (non-hydrogen) atoms. The number of aromatic nitrogens is 3. The highest BCUT2D eigenvalue weighted by Gasteiger charge is 2.19. The Bertz CT molecular complexity index is 934. The molecule has 8 heteroatoms. The van der Waals surface area contributed by atoms with Crippen LogP contribution in [0.1, 0.15) is 21.1 Å². The maximum Gasteiger partial charge on any atom is 0.294 e. The Morgan fingerprint density at radius 2 is 2.04 bits per heavy atom. The van der Waals surface area contributed by atoms with E-state index >= 15 is 0 Å². The van der Waals surface area contributed by atoms with Gasteiger partial charge in [-0.1, -0.05) is 30.3 Å². The van der Waals surface area contributed by atoms with Crippen LogP contribution < -0.4 is 10.9 Å². The van der Waals surface area contributed by atoms with Crippen molar-refractivity contribution in [2.24, 2.45) is 0 Å². The number of nitrogens with one attached hydrogen (secondary N) is 2. The summed E-state index contributed by atoms with van der Waals surface area (Å²) >= 11 is 1.39. The molecule has 2 heterocycles. The number of carbonyl (C=O) groups excluding carboxylic acids is 1. The molecule has 0 unspecified atom stereocenters. The number of thiazole rings is 1. The zero-order chi connectivity index (χ0) is 17.1. The van der Waals surface area contributed by atoms with Gasteiger partial charge < -0.3 is 15.4 Å². The minimum Gasteiger partial charge on any atom is -0.501 e. The molecule has 0 bridgehead atoms. The van der Waals surface area contributed by atoms with Gasteiger partial charge in [-0.05, 0) is 12.5 Å². The Hall–Kier alpha value is -3.00. The first kappa shape index (κ1) is 15.9. The van der Waals surface area contributed by atoms with Crippen LogP contribution in [0, 0.1) is 6.92 Å². The van der Waals surface area contributed by atoms with Gasteiger partial charge in [0.1, 0.15) is 5.69 Å². The highest BCUT2D eigenvalue weighted by Crippen LogP contribution is 2.19. The lowest BCUT2D eigenvalue weighted by Crippen LogP contribution is -2.26. The van der Waals surface area contributed by atoms with Crippen molar-refractivity contribution in [2.45, 2.75) is 13.5 Å². The summed E-state index contributed by atoms with van der Waals surface area (Å²) in [7, 11) is 0. The number of carbonyl (C=O) groups is 1. The third-order valence-corrected chi connectivity index (χ3v) is 4.04. The standard InChI is InChI=1S/C16H14N4O3S/c1-9-18-11(8-24-9)14-19-12(13(21)16(23)20-14)15(22)17-7-10-5-3-2-4-6-10/h2-6,8,21H,7H2,1H3,(H,17,22)(H,19,20,23). The van der Waals surface area contributed by atoms with E-state index in [1.54, 1.807) is 5.38 Å². The Kier molecular flexibility index (Phi) is 4.39. The van der Waals surface area contributed by atoms with Gasteiger partial charge in [-0.3, -0.25) is 9.59 Å². The molecule has 0 saturated carbocycles. The Morgan fingerprint density at radius 1 is 1.29 bits per heavy atom. The molecule has 0 aliphatic heterocycles. The first-order valence-electron chi connectivity index (χ1n) is 7.12. The van der Waals surface area contributed by atoms with Crippen molar-refractivity contribution in [3.63, 3.8) is 0 Å². The summed E-state index contributed by atoms with van der Waals surface area (Å²) in [5.74, 6) is -1.20. The first-order valence-corrected chi connectivity index (χ1v) is 8.00. The van der Waals surface area contributed by atoms with Gasteiger partial charge in [-0.15, -0.1) is 11.3 Å². The molecule has 122 valence electrons. The summed E-state index contributed by atoms with van der Waals surface area (Å²) in [5.41, 5.74) is 0.239. The molecule has 3 N–H and O–H groups in total. The highest BCUT2D eigenvalue weighted by molar-refractivity contribution is 7.09. The number of aromatic hydroxyl groups is 1. The van der Waals surface area contributed by atoms with Gasteiger partial charge in [0.05, 0.1) is 5.01 Å². The van der Waals surface area contributed by atoms with Gasteiger partial charge in [-0.25, -0.2) is 9.97 Å². The number of aryl methyl sites for hydroxylation is 1. The lowest BCUT2D eigenvalue weighted by atomic mass is 10.2. The fourth-order valence-corrected chi connectivity index (χ4v) is 2.68. The number of benzene rings is 1. The van der Waals surface area contributed by atoms with Crippen molar-refractivity contribution in [3.8, 4) is 17.3 Å². The SMILES string of the molecule is Cc1nc(-c2nc(C(=O)NCc3ccccc3)c(O)c(=O)[nH]2)cs1. The lowest BCUT2D eigenvalue weighted by Gasteiger charge is -2.07. The second-order valence-electron chi connectivity index (χ2n) is 5.03. The third kappa shape index (κ3) is 3.33. The average Bonchev–Trinajstić information content (AvgIpc) is 3.02. The van der Waals surface area contributed by atoms with Gasteiger partial charge in [0, 0.05) is 11.9 Å². The van der Waals surface area contributed by atoms with Crippen LogP contribution in [-0.4, -0.2) is 26.0 Å². The summed E-state index contributed by atoms with van der Waals surface area (Å²) in [6, 6.07) is 9.29. The molecular weight excluding hydrogens is 328 g/mol. The number of amides is 1. The number of hydrogen-bond donors (Lipinski definition) is 3. The zero-order valence-electron chi connectivity index (χ0n) is 12.7. The summed E-state index contributed by atoms with van der Waals surface area (Å²) in [5, 5.41) is 15.0. The maximum atomic E-state index is 12.3. The van der Waals surface area contributed by atoms with Gasteiger partial charge in [0.15, 0.2) is 11.5 Å². The Morgan fingerprint density at radius 3 is 2.71 bits per heavy atom. The molecule has 0 saturated heterocycles. The van der Waals surface area contributed by atoms with Crippen LogP contribution in [0.15, 0.2) is 40.5 Å². The van der Waals surface area contributed by atoms with E-state index in [1.807, 2.05) is 37.3 Å². The van der Waals surface area contributed by atoms with Crippen molar-refractivity contribution < 1.29 is 9.90 Å². The maximum absolute atomic E-state index is 12.3. The molecular formula is C16H14N4O3S. The van der Waals surface area contributed by atoms with Crippen LogP contribution in [0.4, 0.5) is 0 Å². The minimum atomic E-state index is -0.782. The fourth-order valence-electron chi connectivity index (χ4n) is 2.08. The van der Waals surface area contributed by atoms with Gasteiger partial charge >= 0.3 is 0 Å². The van der Waals surface area contributed by atoms with Crippen LogP contribution in [-0.2, 0) is 6.54 Å². The molecule has 0 spiro atoms. The van der Waals surface area contributed by atoms with Gasteiger partial charge in [0.2, 0.25) is 5.75 Å². The van der Waals surface area contributed by atoms with Crippen LogP contribution in [0.3, 0.4) is 0 Å². The molecule has 0 aliphatic rings. The number of nitrogens with zero attached hydrogens (tertiary/aromatic N) is 2. The Labute approximate surface area is 141 Å². The average molecular weight is 342 g/mol. The monoisotopic (exact) mass is 342 g/mol. The normalized spacial score (nSPS) is 10.5. The van der Waals surface area contributed by atoms with E-state index in [0.29, 0.717) is 5.69 Å². The molecule has 1 amide bonds. The quantitative estimate of drug-likeness (QED) is 0.670. The first-order chi connectivity index (χ1) is 11.5. The van der Waals surface area contributed by atoms with E-state index < -0.39 is 17.2 Å². The van der Waals surface area contributed by atoms with E-state index in [4.69, 9.17) is 0 Å². The molecule has 3 rings (SSSR count). The minimum absolute atomic E-state index is 0.145. The number of rotatable bonds is 4. The summed E-state index contributed by atoms with van der Waals surface area (Å²) in [6.45, 7) is 2.08. The van der Waals surface area contributed by atoms with Crippen LogP contribution in [0.25, 0.3) is 11.5 Å². The molecule has 2 aromatic heterocycles. The van der Waals surface area contributed by atoms with Crippen molar-refractivity contribution in [3.05, 3.63) is 62.3 Å². The number of aromatic amines is 1.